The number of aliphatic hydroxyl groups excluding tert-OH is 1. The smallest absolute Gasteiger partial charge is 0.213 e. The van der Waals surface area contributed by atoms with Crippen LogP contribution >= 0.6 is 11.3 Å². The molecule has 1 unspecified atom stereocenters. The number of pyridine rings is 1. The third-order valence-electron chi connectivity index (χ3n) is 4.15. The Balaban J connectivity index is 1.58. The van der Waals surface area contributed by atoms with Gasteiger partial charge in [-0.1, -0.05) is 24.3 Å². The van der Waals surface area contributed by atoms with E-state index in [-0.39, 0.29) is 6.10 Å². The molecular formula is C22H28N4O2S. The van der Waals surface area contributed by atoms with Crippen LogP contribution in [0.5, 0.6) is 5.88 Å². The zero-order chi connectivity index (χ0) is 20.6. The highest BCUT2D eigenvalue weighted by Gasteiger charge is 2.12. The first-order chi connectivity index (χ1) is 14.0. The molecule has 29 heavy (non-hydrogen) atoms. The Kier molecular flexibility index (Phi) is 7.43. The van der Waals surface area contributed by atoms with E-state index in [9.17, 15) is 5.11 Å². The van der Waals surface area contributed by atoms with E-state index in [4.69, 9.17) is 4.74 Å². The fourth-order valence-corrected chi connectivity index (χ4v) is 3.84. The fraction of sp³-hybridized carbons (Fsp3) is 0.364. The Morgan fingerprint density at radius 1 is 1.21 bits per heavy atom. The summed E-state index contributed by atoms with van der Waals surface area (Å²) in [5.74, 6) is 1.28. The normalized spacial score (nSPS) is 12.9. The average molecular weight is 413 g/mol. The van der Waals surface area contributed by atoms with Crippen molar-refractivity contribution < 1.29 is 9.84 Å². The van der Waals surface area contributed by atoms with Crippen molar-refractivity contribution in [3.63, 3.8) is 0 Å². The van der Waals surface area contributed by atoms with Crippen LogP contribution in [0.2, 0.25) is 0 Å². The molecule has 0 aliphatic carbocycles. The minimum Gasteiger partial charge on any atom is -0.475 e. The standard InChI is InChI=1S/C22H28N4O2S/c1-4-23-22(25-13-16-9-10-21(24-12-16)28-15(2)3)26-14-18(27)20-11-17-7-5-6-8-19(17)29-20/h5-12,15,18,27H,4,13-14H2,1-3H3,(H2,23,25,26). The molecule has 0 aliphatic heterocycles. The molecule has 0 spiro atoms. The molecule has 0 aliphatic rings. The highest BCUT2D eigenvalue weighted by Crippen LogP contribution is 2.29. The van der Waals surface area contributed by atoms with Crippen molar-refractivity contribution >= 4 is 27.4 Å². The molecule has 2 heterocycles. The number of aliphatic imine (C=N–C) groups is 1. The van der Waals surface area contributed by atoms with Crippen LogP contribution in [0.25, 0.3) is 10.1 Å². The van der Waals surface area contributed by atoms with E-state index < -0.39 is 6.10 Å². The van der Waals surface area contributed by atoms with E-state index in [1.807, 2.05) is 51.1 Å². The predicted octanol–water partition coefficient (Wildman–Crippen LogP) is 3.87. The van der Waals surface area contributed by atoms with Crippen LogP contribution in [-0.4, -0.2) is 35.2 Å². The van der Waals surface area contributed by atoms with Gasteiger partial charge in [0, 0.05) is 34.9 Å². The highest BCUT2D eigenvalue weighted by molar-refractivity contribution is 7.19. The van der Waals surface area contributed by atoms with Gasteiger partial charge >= 0.3 is 0 Å². The topological polar surface area (TPSA) is 78.8 Å². The maximum Gasteiger partial charge on any atom is 0.213 e. The largest absolute Gasteiger partial charge is 0.475 e. The van der Waals surface area contributed by atoms with Gasteiger partial charge in [-0.25, -0.2) is 9.98 Å². The average Bonchev–Trinajstić information content (AvgIpc) is 3.15. The second-order valence-corrected chi connectivity index (χ2v) is 8.07. The van der Waals surface area contributed by atoms with Gasteiger partial charge in [-0.15, -0.1) is 11.3 Å². The van der Waals surface area contributed by atoms with Gasteiger partial charge in [-0.3, -0.25) is 0 Å². The molecule has 0 amide bonds. The van der Waals surface area contributed by atoms with Gasteiger partial charge in [0.15, 0.2) is 5.96 Å². The van der Waals surface area contributed by atoms with Crippen LogP contribution in [0.3, 0.4) is 0 Å². The summed E-state index contributed by atoms with van der Waals surface area (Å²) in [6, 6.07) is 14.0. The summed E-state index contributed by atoms with van der Waals surface area (Å²) in [5.41, 5.74) is 0.989. The molecule has 1 atom stereocenters. The minimum atomic E-state index is -0.592. The second kappa shape index (κ2) is 10.2. The van der Waals surface area contributed by atoms with Gasteiger partial charge in [0.05, 0.1) is 12.6 Å². The lowest BCUT2D eigenvalue weighted by molar-refractivity contribution is 0.184. The van der Waals surface area contributed by atoms with E-state index in [0.29, 0.717) is 24.9 Å². The number of hydrogen-bond donors (Lipinski definition) is 3. The Morgan fingerprint density at radius 3 is 2.72 bits per heavy atom. The number of ether oxygens (including phenoxy) is 1. The Bertz CT molecular complexity index is 904. The number of guanidine groups is 1. The molecule has 0 radical (unpaired) electrons. The van der Waals surface area contributed by atoms with Crippen molar-refractivity contribution in [1.29, 1.82) is 0 Å². The van der Waals surface area contributed by atoms with E-state index in [0.717, 1.165) is 22.4 Å². The van der Waals surface area contributed by atoms with Crippen LogP contribution in [-0.2, 0) is 6.54 Å². The van der Waals surface area contributed by atoms with Crippen molar-refractivity contribution in [1.82, 2.24) is 15.6 Å². The maximum atomic E-state index is 10.6. The third-order valence-corrected chi connectivity index (χ3v) is 5.37. The number of rotatable bonds is 8. The van der Waals surface area contributed by atoms with Crippen LogP contribution < -0.4 is 15.4 Å². The Morgan fingerprint density at radius 2 is 2.03 bits per heavy atom. The van der Waals surface area contributed by atoms with Gasteiger partial charge in [-0.05, 0) is 43.9 Å². The summed E-state index contributed by atoms with van der Waals surface area (Å²) < 4.78 is 6.74. The second-order valence-electron chi connectivity index (χ2n) is 6.95. The van der Waals surface area contributed by atoms with Gasteiger partial charge in [0.1, 0.15) is 6.10 Å². The number of aromatic nitrogens is 1. The molecular weight excluding hydrogens is 384 g/mol. The van der Waals surface area contributed by atoms with Crippen molar-refractivity contribution in [2.45, 2.75) is 39.5 Å². The zero-order valence-corrected chi connectivity index (χ0v) is 17.9. The van der Waals surface area contributed by atoms with Crippen molar-refractivity contribution in [3.05, 3.63) is 59.1 Å². The number of hydrogen-bond acceptors (Lipinski definition) is 5. The SMILES string of the molecule is CCNC(=NCc1ccc(OC(C)C)nc1)NCC(O)c1cc2ccccc2s1. The lowest BCUT2D eigenvalue weighted by Gasteiger charge is -2.14. The van der Waals surface area contributed by atoms with E-state index in [2.05, 4.69) is 32.7 Å². The highest BCUT2D eigenvalue weighted by atomic mass is 32.1. The van der Waals surface area contributed by atoms with Gasteiger partial charge in [0.25, 0.3) is 0 Å². The fourth-order valence-electron chi connectivity index (χ4n) is 2.79. The summed E-state index contributed by atoms with van der Waals surface area (Å²) >= 11 is 1.62. The number of nitrogens with zero attached hydrogens (tertiary/aromatic N) is 2. The molecule has 1 aromatic carbocycles. The number of fused-ring (bicyclic) bond motifs is 1. The maximum absolute atomic E-state index is 10.6. The molecule has 6 nitrogen and oxygen atoms in total. The molecule has 0 saturated heterocycles. The summed E-state index contributed by atoms with van der Waals surface area (Å²) in [4.78, 5) is 9.84. The number of benzene rings is 1. The Labute approximate surface area is 175 Å². The quantitative estimate of drug-likeness (QED) is 0.387. The van der Waals surface area contributed by atoms with Gasteiger partial charge < -0.3 is 20.5 Å². The van der Waals surface area contributed by atoms with Crippen LogP contribution in [0.4, 0.5) is 0 Å². The summed E-state index contributed by atoms with van der Waals surface area (Å²) in [7, 11) is 0. The first-order valence-corrected chi connectivity index (χ1v) is 10.7. The summed E-state index contributed by atoms with van der Waals surface area (Å²) in [5, 5.41) is 18.2. The van der Waals surface area contributed by atoms with E-state index in [1.54, 1.807) is 17.5 Å². The van der Waals surface area contributed by atoms with Crippen molar-refractivity contribution in [2.24, 2.45) is 4.99 Å². The molecule has 0 saturated carbocycles. The van der Waals surface area contributed by atoms with Gasteiger partial charge in [-0.2, -0.15) is 0 Å². The molecule has 7 heteroatoms. The zero-order valence-electron chi connectivity index (χ0n) is 17.1. The van der Waals surface area contributed by atoms with E-state index in [1.165, 1.54) is 4.70 Å². The molecule has 0 bridgehead atoms. The molecule has 0 fully saturated rings. The van der Waals surface area contributed by atoms with Crippen LogP contribution in [0.15, 0.2) is 53.7 Å². The number of nitrogens with one attached hydrogen (secondary N) is 2. The van der Waals surface area contributed by atoms with Crippen LogP contribution in [0.1, 0.15) is 37.3 Å². The molecule has 154 valence electrons. The van der Waals surface area contributed by atoms with E-state index >= 15 is 0 Å². The molecule has 3 rings (SSSR count). The molecule has 3 aromatic rings. The first kappa shape index (κ1) is 21.1. The number of thiophene rings is 1. The van der Waals surface area contributed by atoms with Crippen molar-refractivity contribution in [3.8, 4) is 5.88 Å². The lowest BCUT2D eigenvalue weighted by atomic mass is 10.2. The lowest BCUT2D eigenvalue weighted by Crippen LogP contribution is -2.39. The van der Waals surface area contributed by atoms with Crippen LogP contribution in [0, 0.1) is 0 Å². The van der Waals surface area contributed by atoms with Gasteiger partial charge in [0.2, 0.25) is 5.88 Å². The summed E-state index contributed by atoms with van der Waals surface area (Å²) in [6.45, 7) is 7.58. The van der Waals surface area contributed by atoms with Crippen molar-refractivity contribution in [2.75, 3.05) is 13.1 Å². The Hall–Kier alpha value is -2.64. The third kappa shape index (κ3) is 6.17. The molecule has 2 aromatic heterocycles. The number of aliphatic hydroxyl groups is 1. The summed E-state index contributed by atoms with van der Waals surface area (Å²) in [6.07, 6.45) is 1.28. The molecule has 3 N–H and O–H groups in total. The first-order valence-electron chi connectivity index (χ1n) is 9.85. The predicted molar refractivity (Wildman–Crippen MR) is 120 cm³/mol. The minimum absolute atomic E-state index is 0.100. The monoisotopic (exact) mass is 412 g/mol.